The highest BCUT2D eigenvalue weighted by Crippen LogP contribution is 2.19. The molecule has 0 saturated carbocycles. The summed E-state index contributed by atoms with van der Waals surface area (Å²) < 4.78 is 29.4. The summed E-state index contributed by atoms with van der Waals surface area (Å²) in [6, 6.07) is 1.56. The van der Waals surface area contributed by atoms with Gasteiger partial charge < -0.3 is 9.73 Å². The van der Waals surface area contributed by atoms with Gasteiger partial charge in [-0.25, -0.2) is 13.4 Å². The van der Waals surface area contributed by atoms with Crippen LogP contribution in [-0.4, -0.2) is 34.1 Å². The van der Waals surface area contributed by atoms with Crippen LogP contribution in [0.5, 0.6) is 0 Å². The molecule has 0 unspecified atom stereocenters. The first-order valence-electron chi connectivity index (χ1n) is 5.86. The van der Waals surface area contributed by atoms with Gasteiger partial charge in [0.1, 0.15) is 16.4 Å². The molecule has 0 aliphatic carbocycles. The van der Waals surface area contributed by atoms with Crippen molar-refractivity contribution in [3.05, 3.63) is 17.6 Å². The Morgan fingerprint density at radius 3 is 2.61 bits per heavy atom. The summed E-state index contributed by atoms with van der Waals surface area (Å²) in [5.74, 6) is 1.03. The molecule has 18 heavy (non-hydrogen) atoms. The normalized spacial score (nSPS) is 12.3. The van der Waals surface area contributed by atoms with Crippen molar-refractivity contribution >= 4 is 10.0 Å². The molecular weight excluding hydrogens is 254 g/mol. The van der Waals surface area contributed by atoms with Gasteiger partial charge in [-0.3, -0.25) is 0 Å². The zero-order chi connectivity index (χ0) is 13.8. The number of hydrogen-bond acceptors (Lipinski definition) is 5. The molecule has 0 aliphatic heterocycles. The molecule has 1 heterocycles. The third-order valence-electron chi connectivity index (χ3n) is 2.24. The number of nitrogens with one attached hydrogen (secondary N) is 2. The van der Waals surface area contributed by atoms with Crippen molar-refractivity contribution in [2.24, 2.45) is 0 Å². The van der Waals surface area contributed by atoms with Crippen LogP contribution in [0.25, 0.3) is 0 Å². The molecule has 0 fully saturated rings. The predicted molar refractivity (Wildman–Crippen MR) is 69.5 cm³/mol. The lowest BCUT2D eigenvalue weighted by molar-refractivity contribution is 0.363. The largest absolute Gasteiger partial charge is 0.464 e. The lowest BCUT2D eigenvalue weighted by Crippen LogP contribution is -2.36. The van der Waals surface area contributed by atoms with Gasteiger partial charge in [0.2, 0.25) is 0 Å². The Bertz CT molecular complexity index is 480. The van der Waals surface area contributed by atoms with E-state index in [1.807, 2.05) is 0 Å². The number of hydrogen-bond donors (Lipinski definition) is 2. The molecule has 1 rings (SSSR count). The van der Waals surface area contributed by atoms with Crippen LogP contribution in [0.1, 0.15) is 24.9 Å². The highest BCUT2D eigenvalue weighted by atomic mass is 32.2. The molecule has 0 saturated heterocycles. The minimum absolute atomic E-state index is 0.185. The quantitative estimate of drug-likeness (QED) is 0.570. The second kappa shape index (κ2) is 6.33. The van der Waals surface area contributed by atoms with Crippen molar-refractivity contribution in [3.8, 4) is 0 Å². The van der Waals surface area contributed by atoms with E-state index in [2.05, 4.69) is 17.1 Å². The van der Waals surface area contributed by atoms with E-state index in [9.17, 15) is 8.42 Å². The lowest BCUT2D eigenvalue weighted by atomic mass is 10.4. The molecule has 7 heteroatoms. The first-order chi connectivity index (χ1) is 8.36. The van der Waals surface area contributed by atoms with Crippen LogP contribution in [-0.2, 0) is 16.6 Å². The van der Waals surface area contributed by atoms with Gasteiger partial charge in [-0.1, -0.05) is 6.92 Å². The Hall–Kier alpha value is -0.890. The Kier molecular flexibility index (Phi) is 5.33. The lowest BCUT2D eigenvalue weighted by Gasteiger charge is -2.11. The molecule has 0 atom stereocenters. The molecule has 0 radical (unpaired) electrons. The van der Waals surface area contributed by atoms with E-state index in [1.54, 1.807) is 27.1 Å². The van der Waals surface area contributed by atoms with Gasteiger partial charge in [-0.15, -0.1) is 4.83 Å². The average Bonchev–Trinajstić information content (AvgIpc) is 2.59. The maximum Gasteiger partial charge on any atom is 0.256 e. The fourth-order valence-electron chi connectivity index (χ4n) is 1.56. The van der Waals surface area contributed by atoms with Crippen LogP contribution in [0.4, 0.5) is 0 Å². The molecule has 1 aromatic heterocycles. The van der Waals surface area contributed by atoms with Gasteiger partial charge >= 0.3 is 0 Å². The topological polar surface area (TPSA) is 74.6 Å². The molecule has 104 valence electrons. The zero-order valence-electron chi connectivity index (χ0n) is 11.3. The Morgan fingerprint density at radius 1 is 1.39 bits per heavy atom. The van der Waals surface area contributed by atoms with Crippen LogP contribution in [0.15, 0.2) is 15.4 Å². The predicted octanol–water partition coefficient (Wildman–Crippen LogP) is 0.843. The summed E-state index contributed by atoms with van der Waals surface area (Å²) in [6.07, 6.45) is 1.02. The molecule has 0 spiro atoms. The average molecular weight is 275 g/mol. The fourth-order valence-corrected chi connectivity index (χ4v) is 2.84. The van der Waals surface area contributed by atoms with E-state index in [0.717, 1.165) is 13.0 Å². The Balaban J connectivity index is 2.84. The fraction of sp³-hybridized carbons (Fsp3) is 0.636. The van der Waals surface area contributed by atoms with Crippen LogP contribution < -0.4 is 10.1 Å². The minimum Gasteiger partial charge on any atom is -0.464 e. The van der Waals surface area contributed by atoms with Crippen LogP contribution >= 0.6 is 0 Å². The molecule has 0 amide bonds. The summed E-state index contributed by atoms with van der Waals surface area (Å²) in [5, 5.41) is 4.55. The van der Waals surface area contributed by atoms with Crippen molar-refractivity contribution in [1.29, 1.82) is 0 Å². The maximum absolute atomic E-state index is 12.0. The van der Waals surface area contributed by atoms with Gasteiger partial charge in [0, 0.05) is 20.2 Å². The second-order valence-corrected chi connectivity index (χ2v) is 5.93. The van der Waals surface area contributed by atoms with E-state index in [-0.39, 0.29) is 4.90 Å². The van der Waals surface area contributed by atoms with Crippen molar-refractivity contribution in [2.75, 3.05) is 20.6 Å². The number of furan rings is 1. The number of sulfonamides is 1. The molecule has 6 nitrogen and oxygen atoms in total. The van der Waals surface area contributed by atoms with Crippen molar-refractivity contribution in [3.63, 3.8) is 0 Å². The molecule has 2 N–H and O–H groups in total. The van der Waals surface area contributed by atoms with Gasteiger partial charge in [0.15, 0.2) is 0 Å². The highest BCUT2D eigenvalue weighted by Gasteiger charge is 2.21. The zero-order valence-corrected chi connectivity index (χ0v) is 12.1. The SMILES string of the molecule is CCCNCc1cc(S(=O)(=O)NN(C)C)c(C)o1. The number of aryl methyl sites for hydroxylation is 1. The van der Waals surface area contributed by atoms with Gasteiger partial charge in [-0.2, -0.15) is 0 Å². The van der Waals surface area contributed by atoms with Crippen molar-refractivity contribution in [2.45, 2.75) is 31.7 Å². The summed E-state index contributed by atoms with van der Waals surface area (Å²) >= 11 is 0. The molecule has 0 bridgehead atoms. The van der Waals surface area contributed by atoms with Crippen LogP contribution in [0.3, 0.4) is 0 Å². The number of hydrazine groups is 1. The maximum atomic E-state index is 12.0. The first kappa shape index (κ1) is 15.2. The second-order valence-electron chi connectivity index (χ2n) is 4.30. The van der Waals surface area contributed by atoms with E-state index in [4.69, 9.17) is 4.42 Å². The summed E-state index contributed by atoms with van der Waals surface area (Å²) in [6.45, 7) is 5.12. The third-order valence-corrected chi connectivity index (χ3v) is 3.83. The summed E-state index contributed by atoms with van der Waals surface area (Å²) in [7, 11) is -0.302. The Labute approximate surface area is 108 Å². The number of nitrogens with zero attached hydrogens (tertiary/aromatic N) is 1. The third kappa shape index (κ3) is 4.09. The summed E-state index contributed by atoms with van der Waals surface area (Å²) in [5.41, 5.74) is 0. The summed E-state index contributed by atoms with van der Waals surface area (Å²) in [4.78, 5) is 2.57. The first-order valence-corrected chi connectivity index (χ1v) is 7.35. The molecular formula is C11H21N3O3S. The van der Waals surface area contributed by atoms with Crippen molar-refractivity contribution < 1.29 is 12.8 Å². The van der Waals surface area contributed by atoms with E-state index < -0.39 is 10.0 Å². The molecule has 0 aromatic carbocycles. The standard InChI is InChI=1S/C11H21N3O3S/c1-5-6-12-8-10-7-11(9(2)17-10)18(15,16)13-14(3)4/h7,12-13H,5-6,8H2,1-4H3. The van der Waals surface area contributed by atoms with Gasteiger partial charge in [-0.05, 0) is 19.9 Å². The van der Waals surface area contributed by atoms with E-state index in [0.29, 0.717) is 18.1 Å². The Morgan fingerprint density at radius 2 is 2.06 bits per heavy atom. The smallest absolute Gasteiger partial charge is 0.256 e. The number of rotatable bonds is 7. The van der Waals surface area contributed by atoms with Crippen LogP contribution in [0, 0.1) is 6.92 Å². The van der Waals surface area contributed by atoms with Crippen LogP contribution in [0.2, 0.25) is 0 Å². The highest BCUT2D eigenvalue weighted by molar-refractivity contribution is 7.89. The van der Waals surface area contributed by atoms with Gasteiger partial charge in [0.25, 0.3) is 10.0 Å². The molecule has 0 aliphatic rings. The molecule has 1 aromatic rings. The van der Waals surface area contributed by atoms with Crippen molar-refractivity contribution in [1.82, 2.24) is 15.2 Å². The van der Waals surface area contributed by atoms with E-state index >= 15 is 0 Å². The monoisotopic (exact) mass is 275 g/mol. The van der Waals surface area contributed by atoms with Gasteiger partial charge in [0.05, 0.1) is 6.54 Å². The minimum atomic E-state index is -3.55. The van der Waals surface area contributed by atoms with E-state index in [1.165, 1.54) is 5.01 Å².